The standard InChI is InChI=1S/C20H14BrClN2O3S/c21-15-3-1-2-14(10-15)17-12-28-20(23-17)24-18(25)11-27-19(26)9-6-13-4-7-16(22)8-5-13/h1-10,12H,11H2,(H,23,24,25)/b9-6+. The molecular formula is C20H14BrClN2O3S. The molecule has 0 bridgehead atoms. The van der Waals surface area contributed by atoms with Crippen molar-refractivity contribution in [1.82, 2.24) is 4.98 Å². The predicted molar refractivity (Wildman–Crippen MR) is 115 cm³/mol. The number of anilines is 1. The molecule has 1 N–H and O–H groups in total. The maximum Gasteiger partial charge on any atom is 0.331 e. The molecule has 0 aliphatic heterocycles. The van der Waals surface area contributed by atoms with Crippen LogP contribution in [0, 0.1) is 0 Å². The SMILES string of the molecule is O=C(COC(=O)/C=C/c1ccc(Cl)cc1)Nc1nc(-c2cccc(Br)c2)cs1. The first kappa shape index (κ1) is 20.3. The number of rotatable bonds is 6. The summed E-state index contributed by atoms with van der Waals surface area (Å²) in [6.45, 7) is -0.393. The van der Waals surface area contributed by atoms with Crippen LogP contribution in [0.25, 0.3) is 17.3 Å². The molecule has 0 radical (unpaired) electrons. The van der Waals surface area contributed by atoms with Crippen LogP contribution in [0.4, 0.5) is 5.13 Å². The Hall–Kier alpha value is -2.48. The molecule has 0 aliphatic rings. The highest BCUT2D eigenvalue weighted by atomic mass is 79.9. The summed E-state index contributed by atoms with van der Waals surface area (Å²) in [6.07, 6.45) is 2.84. The van der Waals surface area contributed by atoms with Crippen LogP contribution >= 0.6 is 38.9 Å². The molecule has 0 aliphatic carbocycles. The predicted octanol–water partition coefficient (Wildman–Crippen LogP) is 5.42. The smallest absolute Gasteiger partial charge is 0.331 e. The van der Waals surface area contributed by atoms with Crippen molar-refractivity contribution in [3.63, 3.8) is 0 Å². The van der Waals surface area contributed by atoms with Crippen molar-refractivity contribution in [2.45, 2.75) is 0 Å². The number of amides is 1. The van der Waals surface area contributed by atoms with E-state index in [1.54, 1.807) is 30.3 Å². The minimum absolute atomic E-state index is 0.393. The summed E-state index contributed by atoms with van der Waals surface area (Å²) >= 11 is 10.5. The van der Waals surface area contributed by atoms with Gasteiger partial charge in [-0.2, -0.15) is 0 Å². The highest BCUT2D eigenvalue weighted by Gasteiger charge is 2.10. The van der Waals surface area contributed by atoms with Gasteiger partial charge in [-0.3, -0.25) is 10.1 Å². The van der Waals surface area contributed by atoms with Gasteiger partial charge in [0.1, 0.15) is 0 Å². The minimum Gasteiger partial charge on any atom is -0.452 e. The number of carbonyl (C=O) groups excluding carboxylic acids is 2. The van der Waals surface area contributed by atoms with Crippen LogP contribution in [-0.2, 0) is 14.3 Å². The second-order valence-corrected chi connectivity index (χ2v) is 7.80. The molecule has 0 saturated carbocycles. The van der Waals surface area contributed by atoms with E-state index in [2.05, 4.69) is 26.2 Å². The Morgan fingerprint density at radius 2 is 2.00 bits per heavy atom. The third-order valence-electron chi connectivity index (χ3n) is 3.50. The second kappa shape index (κ2) is 9.64. The summed E-state index contributed by atoms with van der Waals surface area (Å²) in [5, 5.41) is 5.52. The molecule has 2 aromatic carbocycles. The number of nitrogens with one attached hydrogen (secondary N) is 1. The number of carbonyl (C=O) groups is 2. The Kier molecular flexibility index (Phi) is 6.97. The Balaban J connectivity index is 1.49. The van der Waals surface area contributed by atoms with Gasteiger partial charge < -0.3 is 4.74 Å². The molecule has 0 spiro atoms. The Labute approximate surface area is 179 Å². The zero-order chi connectivity index (χ0) is 19.9. The lowest BCUT2D eigenvalue weighted by Gasteiger charge is -2.02. The largest absolute Gasteiger partial charge is 0.452 e. The van der Waals surface area contributed by atoms with Gasteiger partial charge in [-0.25, -0.2) is 9.78 Å². The maximum absolute atomic E-state index is 12.0. The normalized spacial score (nSPS) is 10.8. The lowest BCUT2D eigenvalue weighted by atomic mass is 10.2. The summed E-state index contributed by atoms with van der Waals surface area (Å²) in [4.78, 5) is 28.1. The molecule has 1 amide bonds. The topological polar surface area (TPSA) is 68.3 Å². The third-order valence-corrected chi connectivity index (χ3v) is 5.00. The molecule has 1 heterocycles. The number of thiazole rings is 1. The Morgan fingerprint density at radius 3 is 2.75 bits per heavy atom. The first-order chi connectivity index (χ1) is 13.5. The first-order valence-corrected chi connectivity index (χ1v) is 10.2. The quantitative estimate of drug-likeness (QED) is 0.380. The summed E-state index contributed by atoms with van der Waals surface area (Å²) in [5.74, 6) is -1.07. The minimum atomic E-state index is -0.612. The second-order valence-electron chi connectivity index (χ2n) is 5.59. The summed E-state index contributed by atoms with van der Waals surface area (Å²) < 4.78 is 5.88. The summed E-state index contributed by atoms with van der Waals surface area (Å²) in [6, 6.07) is 14.7. The molecule has 0 unspecified atom stereocenters. The van der Waals surface area contributed by atoms with Crippen molar-refractivity contribution >= 4 is 62.0 Å². The number of halogens is 2. The van der Waals surface area contributed by atoms with Crippen LogP contribution in [0.15, 0.2) is 64.5 Å². The van der Waals surface area contributed by atoms with E-state index >= 15 is 0 Å². The maximum atomic E-state index is 12.0. The molecular weight excluding hydrogens is 464 g/mol. The molecule has 8 heteroatoms. The molecule has 3 aromatic rings. The van der Waals surface area contributed by atoms with E-state index in [1.807, 2.05) is 29.6 Å². The van der Waals surface area contributed by atoms with Gasteiger partial charge in [0.15, 0.2) is 11.7 Å². The van der Waals surface area contributed by atoms with E-state index in [0.29, 0.717) is 10.2 Å². The molecule has 1 aromatic heterocycles. The molecule has 3 rings (SSSR count). The fraction of sp³-hybridized carbons (Fsp3) is 0.0500. The van der Waals surface area contributed by atoms with E-state index in [4.69, 9.17) is 16.3 Å². The van der Waals surface area contributed by atoms with Gasteiger partial charge in [0.2, 0.25) is 0 Å². The Morgan fingerprint density at radius 1 is 1.21 bits per heavy atom. The van der Waals surface area contributed by atoms with Crippen molar-refractivity contribution in [3.8, 4) is 11.3 Å². The van der Waals surface area contributed by atoms with Crippen molar-refractivity contribution < 1.29 is 14.3 Å². The lowest BCUT2D eigenvalue weighted by Crippen LogP contribution is -2.20. The number of aromatic nitrogens is 1. The number of ether oxygens (including phenoxy) is 1. The fourth-order valence-corrected chi connectivity index (χ4v) is 3.45. The lowest BCUT2D eigenvalue weighted by molar-refractivity contribution is -0.142. The molecule has 28 heavy (non-hydrogen) atoms. The number of esters is 1. The number of hydrogen-bond acceptors (Lipinski definition) is 5. The molecule has 0 fully saturated rings. The van der Waals surface area contributed by atoms with Crippen molar-refractivity contribution in [1.29, 1.82) is 0 Å². The number of hydrogen-bond donors (Lipinski definition) is 1. The highest BCUT2D eigenvalue weighted by Crippen LogP contribution is 2.26. The van der Waals surface area contributed by atoms with Gasteiger partial charge in [0.25, 0.3) is 5.91 Å². The van der Waals surface area contributed by atoms with Gasteiger partial charge in [-0.15, -0.1) is 11.3 Å². The summed E-state index contributed by atoms with van der Waals surface area (Å²) in [7, 11) is 0. The zero-order valence-corrected chi connectivity index (χ0v) is 17.6. The molecule has 0 atom stereocenters. The number of nitrogens with zero attached hydrogens (tertiary/aromatic N) is 1. The monoisotopic (exact) mass is 476 g/mol. The van der Waals surface area contributed by atoms with Gasteiger partial charge in [0.05, 0.1) is 5.69 Å². The van der Waals surface area contributed by atoms with Crippen LogP contribution in [0.2, 0.25) is 5.02 Å². The van der Waals surface area contributed by atoms with E-state index in [0.717, 1.165) is 21.3 Å². The van der Waals surface area contributed by atoms with Gasteiger partial charge in [0, 0.05) is 26.5 Å². The van der Waals surface area contributed by atoms with Gasteiger partial charge in [-0.05, 0) is 35.9 Å². The van der Waals surface area contributed by atoms with Crippen molar-refractivity contribution in [3.05, 3.63) is 75.0 Å². The average Bonchev–Trinajstić information content (AvgIpc) is 3.14. The Bertz CT molecular complexity index is 1020. The van der Waals surface area contributed by atoms with Crippen LogP contribution < -0.4 is 5.32 Å². The molecule has 5 nitrogen and oxygen atoms in total. The third kappa shape index (κ3) is 6.02. The van der Waals surface area contributed by atoms with Crippen molar-refractivity contribution in [2.75, 3.05) is 11.9 Å². The van der Waals surface area contributed by atoms with E-state index < -0.39 is 18.5 Å². The van der Waals surface area contributed by atoms with Crippen LogP contribution in [-0.4, -0.2) is 23.5 Å². The van der Waals surface area contributed by atoms with Gasteiger partial charge in [-0.1, -0.05) is 51.8 Å². The number of benzene rings is 2. The summed E-state index contributed by atoms with van der Waals surface area (Å²) in [5.41, 5.74) is 2.49. The fourth-order valence-electron chi connectivity index (χ4n) is 2.19. The molecule has 142 valence electrons. The average molecular weight is 478 g/mol. The highest BCUT2D eigenvalue weighted by molar-refractivity contribution is 9.10. The van der Waals surface area contributed by atoms with E-state index in [-0.39, 0.29) is 0 Å². The van der Waals surface area contributed by atoms with E-state index in [9.17, 15) is 9.59 Å². The van der Waals surface area contributed by atoms with E-state index in [1.165, 1.54) is 17.4 Å². The zero-order valence-electron chi connectivity index (χ0n) is 14.4. The van der Waals surface area contributed by atoms with Crippen LogP contribution in [0.1, 0.15) is 5.56 Å². The van der Waals surface area contributed by atoms with Crippen molar-refractivity contribution in [2.24, 2.45) is 0 Å². The van der Waals surface area contributed by atoms with Crippen LogP contribution in [0.3, 0.4) is 0 Å². The first-order valence-electron chi connectivity index (χ1n) is 8.11. The van der Waals surface area contributed by atoms with Gasteiger partial charge >= 0.3 is 5.97 Å². The van der Waals surface area contributed by atoms with Crippen LogP contribution in [0.5, 0.6) is 0 Å². The molecule has 0 saturated heterocycles.